The lowest BCUT2D eigenvalue weighted by Gasteiger charge is -2.18. The highest BCUT2D eigenvalue weighted by Crippen LogP contribution is 2.20. The van der Waals surface area contributed by atoms with Gasteiger partial charge in [0, 0.05) is 28.8 Å². The third-order valence-electron chi connectivity index (χ3n) is 5.38. The molecular formula is C26H20ClFN6O4. The molecule has 38 heavy (non-hydrogen) atoms. The van der Waals surface area contributed by atoms with Crippen molar-refractivity contribution >= 4 is 41.1 Å². The number of carboxylic acids is 1. The van der Waals surface area contributed by atoms with E-state index in [9.17, 15) is 18.8 Å². The van der Waals surface area contributed by atoms with E-state index in [4.69, 9.17) is 16.7 Å². The molecule has 192 valence electrons. The lowest BCUT2D eigenvalue weighted by Crippen LogP contribution is -2.44. The van der Waals surface area contributed by atoms with Crippen molar-refractivity contribution in [1.29, 1.82) is 0 Å². The van der Waals surface area contributed by atoms with Gasteiger partial charge in [0.25, 0.3) is 0 Å². The smallest absolute Gasteiger partial charge is 0.338 e. The van der Waals surface area contributed by atoms with Crippen molar-refractivity contribution in [3.63, 3.8) is 0 Å². The molecule has 0 spiro atoms. The van der Waals surface area contributed by atoms with E-state index in [-0.39, 0.29) is 12.1 Å². The minimum Gasteiger partial charge on any atom is -0.478 e. The number of carbonyl (C=O) groups is 3. The van der Waals surface area contributed by atoms with E-state index < -0.39 is 35.2 Å². The number of hydrogen-bond acceptors (Lipinski definition) is 6. The van der Waals surface area contributed by atoms with Gasteiger partial charge in [-0.3, -0.25) is 9.59 Å². The van der Waals surface area contributed by atoms with E-state index in [1.54, 1.807) is 42.5 Å². The molecule has 10 nitrogen and oxygen atoms in total. The Bertz CT molecular complexity index is 1500. The van der Waals surface area contributed by atoms with Crippen LogP contribution in [0.25, 0.3) is 11.8 Å². The number of carbonyl (C=O) groups excluding carboxylic acids is 2. The summed E-state index contributed by atoms with van der Waals surface area (Å²) in [6.45, 7) is 0. The monoisotopic (exact) mass is 534 g/mol. The van der Waals surface area contributed by atoms with Crippen LogP contribution >= 0.6 is 11.6 Å². The van der Waals surface area contributed by atoms with Crippen molar-refractivity contribution in [1.82, 2.24) is 25.5 Å². The summed E-state index contributed by atoms with van der Waals surface area (Å²) in [4.78, 5) is 37.0. The van der Waals surface area contributed by atoms with Gasteiger partial charge in [-0.2, -0.15) is 4.68 Å². The van der Waals surface area contributed by atoms with E-state index >= 15 is 0 Å². The summed E-state index contributed by atoms with van der Waals surface area (Å²) < 4.78 is 15.5. The molecule has 1 heterocycles. The van der Waals surface area contributed by atoms with Crippen LogP contribution in [0.3, 0.4) is 0 Å². The molecule has 4 rings (SSSR count). The summed E-state index contributed by atoms with van der Waals surface area (Å²) in [7, 11) is 0. The van der Waals surface area contributed by atoms with Gasteiger partial charge in [-0.25, -0.2) is 9.18 Å². The summed E-state index contributed by atoms with van der Waals surface area (Å²) >= 11 is 6.12. The number of hydrogen-bond donors (Lipinski definition) is 3. The molecule has 0 fully saturated rings. The van der Waals surface area contributed by atoms with Gasteiger partial charge >= 0.3 is 5.97 Å². The lowest BCUT2D eigenvalue weighted by atomic mass is 10.0. The molecule has 0 bridgehead atoms. The summed E-state index contributed by atoms with van der Waals surface area (Å²) in [5.74, 6) is -3.61. The van der Waals surface area contributed by atoms with E-state index in [1.807, 2.05) is 6.07 Å². The summed E-state index contributed by atoms with van der Waals surface area (Å²) in [6, 6.07) is 16.2. The number of tetrazole rings is 1. The zero-order chi connectivity index (χ0) is 27.1. The number of benzene rings is 3. The highest BCUT2D eigenvalue weighted by molar-refractivity contribution is 6.30. The molecule has 12 heteroatoms. The van der Waals surface area contributed by atoms with Gasteiger partial charge in [0.1, 0.15) is 18.2 Å². The Balaban J connectivity index is 1.53. The van der Waals surface area contributed by atoms with Gasteiger partial charge in [-0.15, -0.1) is 5.10 Å². The minimum absolute atomic E-state index is 0.0466. The largest absolute Gasteiger partial charge is 0.478 e. The number of amides is 2. The summed E-state index contributed by atoms with van der Waals surface area (Å²) in [5, 5.41) is 25.7. The topological polar surface area (TPSA) is 139 Å². The SMILES string of the molecule is O=C(/C=C/c1cc(Cl)ccc1-n1cnnn1)N[C@@H](Cc1ccccc1)C(=O)Nc1ccc(C(=O)O)c(F)c1. The Hall–Kier alpha value is -4.90. The molecule has 1 aromatic heterocycles. The van der Waals surface area contributed by atoms with Crippen molar-refractivity contribution in [3.05, 3.63) is 107 Å². The standard InChI is InChI=1S/C26H20ClFN6O4/c27-18-7-10-23(34-15-29-32-33-34)17(13-18)6-11-24(35)31-22(12-16-4-2-1-3-5-16)25(36)30-19-8-9-20(26(37)38)21(28)14-19/h1-11,13-15,22H,12H2,(H,30,36)(H,31,35)(H,37,38)/b11-6+/t22-/m0/s1. The fraction of sp³-hybridized carbons (Fsp3) is 0.0769. The number of aromatic carboxylic acids is 1. The first-order valence-corrected chi connectivity index (χ1v) is 11.6. The predicted molar refractivity (Wildman–Crippen MR) is 137 cm³/mol. The van der Waals surface area contributed by atoms with Crippen molar-refractivity contribution in [2.75, 3.05) is 5.32 Å². The quantitative estimate of drug-likeness (QED) is 0.279. The number of nitrogens with zero attached hydrogens (tertiary/aromatic N) is 4. The van der Waals surface area contributed by atoms with Gasteiger partial charge in [0.15, 0.2) is 0 Å². The second-order valence-corrected chi connectivity index (χ2v) is 8.47. The van der Waals surface area contributed by atoms with Crippen molar-refractivity contribution < 1.29 is 23.9 Å². The maximum atomic E-state index is 14.1. The third kappa shape index (κ3) is 6.65. The van der Waals surface area contributed by atoms with E-state index in [2.05, 4.69) is 26.2 Å². The Morgan fingerprint density at radius 1 is 1.08 bits per heavy atom. The van der Waals surface area contributed by atoms with Crippen LogP contribution < -0.4 is 10.6 Å². The molecule has 1 atom stereocenters. The van der Waals surface area contributed by atoms with Crippen LogP contribution in [0.5, 0.6) is 0 Å². The molecule has 0 aliphatic rings. The van der Waals surface area contributed by atoms with Crippen molar-refractivity contribution in [3.8, 4) is 5.69 Å². The van der Waals surface area contributed by atoms with E-state index in [1.165, 1.54) is 29.2 Å². The molecule has 3 N–H and O–H groups in total. The van der Waals surface area contributed by atoms with Gasteiger partial charge in [-0.1, -0.05) is 41.9 Å². The lowest BCUT2D eigenvalue weighted by molar-refractivity contribution is -0.123. The highest BCUT2D eigenvalue weighted by Gasteiger charge is 2.22. The summed E-state index contributed by atoms with van der Waals surface area (Å²) in [5.41, 5.74) is 1.43. The molecule has 0 saturated carbocycles. The van der Waals surface area contributed by atoms with E-state index in [0.29, 0.717) is 16.3 Å². The molecule has 2 amide bonds. The molecule has 0 unspecified atom stereocenters. The predicted octanol–water partition coefficient (Wildman–Crippen LogP) is 3.53. The Kier molecular flexibility index (Phi) is 8.19. The molecule has 0 aliphatic heterocycles. The van der Waals surface area contributed by atoms with Crippen LogP contribution in [0, 0.1) is 5.82 Å². The number of aromatic nitrogens is 4. The molecular weight excluding hydrogens is 515 g/mol. The van der Waals surface area contributed by atoms with E-state index in [0.717, 1.165) is 17.7 Å². The number of anilines is 1. The van der Waals surface area contributed by atoms with Crippen LogP contribution in [0.2, 0.25) is 5.02 Å². The van der Waals surface area contributed by atoms with Gasteiger partial charge in [-0.05, 0) is 58.5 Å². The third-order valence-corrected chi connectivity index (χ3v) is 5.62. The fourth-order valence-electron chi connectivity index (χ4n) is 3.58. The van der Waals surface area contributed by atoms with Crippen LogP contribution in [0.15, 0.2) is 79.1 Å². The fourth-order valence-corrected chi connectivity index (χ4v) is 3.76. The average molecular weight is 535 g/mol. The van der Waals surface area contributed by atoms with Gasteiger partial charge in [0.05, 0.1) is 11.3 Å². The molecule has 0 radical (unpaired) electrons. The first-order valence-electron chi connectivity index (χ1n) is 11.2. The number of halogens is 2. The van der Waals surface area contributed by atoms with Gasteiger partial charge < -0.3 is 15.7 Å². The van der Waals surface area contributed by atoms with Crippen LogP contribution in [-0.2, 0) is 16.0 Å². The van der Waals surface area contributed by atoms with Crippen molar-refractivity contribution in [2.45, 2.75) is 12.5 Å². The molecule has 4 aromatic rings. The van der Waals surface area contributed by atoms with Gasteiger partial charge in [0.2, 0.25) is 11.8 Å². The zero-order valence-corrected chi connectivity index (χ0v) is 20.3. The normalized spacial score (nSPS) is 11.7. The Labute approximate surface area is 220 Å². The minimum atomic E-state index is -1.43. The number of rotatable bonds is 9. The Morgan fingerprint density at radius 3 is 2.55 bits per heavy atom. The molecule has 0 aliphatic carbocycles. The summed E-state index contributed by atoms with van der Waals surface area (Å²) in [6.07, 6.45) is 4.30. The second-order valence-electron chi connectivity index (χ2n) is 8.03. The zero-order valence-electron chi connectivity index (χ0n) is 19.6. The number of nitrogens with one attached hydrogen (secondary N) is 2. The van der Waals surface area contributed by atoms with Crippen molar-refractivity contribution in [2.24, 2.45) is 0 Å². The average Bonchev–Trinajstić information content (AvgIpc) is 3.42. The maximum Gasteiger partial charge on any atom is 0.338 e. The first kappa shape index (κ1) is 26.2. The molecule has 0 saturated heterocycles. The highest BCUT2D eigenvalue weighted by atomic mass is 35.5. The number of carboxylic acid groups (broad SMARTS) is 1. The molecule has 3 aromatic carbocycles. The Morgan fingerprint density at radius 2 is 1.87 bits per heavy atom. The first-order chi connectivity index (χ1) is 18.3. The maximum absolute atomic E-state index is 14.1. The second kappa shape index (κ2) is 11.9. The van der Waals surface area contributed by atoms with Crippen LogP contribution in [0.4, 0.5) is 10.1 Å². The van der Waals surface area contributed by atoms with Crippen LogP contribution in [0.1, 0.15) is 21.5 Å². The van der Waals surface area contributed by atoms with Crippen LogP contribution in [-0.4, -0.2) is 49.1 Å².